The van der Waals surface area contributed by atoms with Crippen LogP contribution in [0.25, 0.3) is 0 Å². The average Bonchev–Trinajstić information content (AvgIpc) is 2.67. The Morgan fingerprint density at radius 1 is 1.14 bits per heavy atom. The Kier molecular flexibility index (Phi) is 4.64. The molecule has 0 radical (unpaired) electrons. The van der Waals surface area contributed by atoms with Crippen molar-refractivity contribution >= 4 is 27.0 Å². The number of ketones is 1. The lowest BCUT2D eigenvalue weighted by Crippen LogP contribution is -2.18. The van der Waals surface area contributed by atoms with Gasteiger partial charge in [-0.05, 0) is 32.4 Å². The van der Waals surface area contributed by atoms with Gasteiger partial charge in [0.15, 0.2) is 15.6 Å². The molecule has 0 saturated heterocycles. The van der Waals surface area contributed by atoms with E-state index < -0.39 is 15.6 Å². The van der Waals surface area contributed by atoms with Gasteiger partial charge in [-0.2, -0.15) is 0 Å². The number of aryl methyl sites for hydroxylation is 3. The summed E-state index contributed by atoms with van der Waals surface area (Å²) in [6, 6.07) is 9.12. The molecule has 0 saturated carbocycles. The van der Waals surface area contributed by atoms with Crippen molar-refractivity contribution in [1.82, 2.24) is 0 Å². The minimum atomic E-state index is -3.45. The second-order valence-electron chi connectivity index (χ2n) is 5.27. The molecule has 1 heterocycles. The highest BCUT2D eigenvalue weighted by molar-refractivity contribution is 7.91. The molecule has 2 rings (SSSR count). The van der Waals surface area contributed by atoms with E-state index >= 15 is 0 Å². The topological polar surface area (TPSA) is 51.2 Å². The molecule has 0 N–H and O–H groups in total. The van der Waals surface area contributed by atoms with Crippen LogP contribution in [0.1, 0.15) is 31.2 Å². The van der Waals surface area contributed by atoms with Crippen LogP contribution in [0, 0.1) is 20.8 Å². The molecule has 0 aliphatic carbocycles. The number of rotatable bonds is 5. The zero-order chi connectivity index (χ0) is 15.6. The summed E-state index contributed by atoms with van der Waals surface area (Å²) in [6.07, 6.45) is 0. The van der Waals surface area contributed by atoms with Gasteiger partial charge in [-0.3, -0.25) is 4.79 Å². The standard InChI is InChI=1S/C16H18O3S2/c1-11-5-4-6-14(7-11)9-21(18,19)10-16(17)15-8-12(2)20-13(15)3/h4-8H,9-10H2,1-3H3. The van der Waals surface area contributed by atoms with Crippen LogP contribution >= 0.6 is 11.3 Å². The van der Waals surface area contributed by atoms with E-state index in [0.717, 1.165) is 20.9 Å². The number of hydrogen-bond acceptors (Lipinski definition) is 4. The van der Waals surface area contributed by atoms with Gasteiger partial charge in [0.2, 0.25) is 0 Å². The smallest absolute Gasteiger partial charge is 0.178 e. The van der Waals surface area contributed by atoms with Crippen LogP contribution in [0.5, 0.6) is 0 Å². The summed E-state index contributed by atoms with van der Waals surface area (Å²) in [6.45, 7) is 5.67. The van der Waals surface area contributed by atoms with E-state index in [1.54, 1.807) is 12.1 Å². The number of Topliss-reactive ketones (excluding diaryl/α,β-unsaturated/α-hetero) is 1. The zero-order valence-corrected chi connectivity index (χ0v) is 14.0. The van der Waals surface area contributed by atoms with Gasteiger partial charge in [0, 0.05) is 15.3 Å². The fourth-order valence-corrected chi connectivity index (χ4v) is 4.58. The summed E-state index contributed by atoms with van der Waals surface area (Å²) in [4.78, 5) is 14.1. The summed E-state index contributed by atoms with van der Waals surface area (Å²) in [5.41, 5.74) is 2.27. The van der Waals surface area contributed by atoms with Crippen LogP contribution in [0.4, 0.5) is 0 Å². The van der Waals surface area contributed by atoms with Crippen molar-refractivity contribution in [3.05, 3.63) is 56.8 Å². The molecular formula is C16H18O3S2. The first-order chi connectivity index (χ1) is 9.77. The summed E-state index contributed by atoms with van der Waals surface area (Å²) in [7, 11) is -3.45. The molecule has 3 nitrogen and oxygen atoms in total. The Hall–Kier alpha value is -1.46. The van der Waals surface area contributed by atoms with Gasteiger partial charge in [0.25, 0.3) is 0 Å². The number of thiophene rings is 1. The van der Waals surface area contributed by atoms with Crippen LogP contribution in [-0.2, 0) is 15.6 Å². The predicted octanol–water partition coefficient (Wildman–Crippen LogP) is 3.47. The van der Waals surface area contributed by atoms with E-state index in [0.29, 0.717) is 5.56 Å². The first kappa shape index (κ1) is 15.9. The molecule has 0 spiro atoms. The van der Waals surface area contributed by atoms with Gasteiger partial charge in [-0.15, -0.1) is 11.3 Å². The monoisotopic (exact) mass is 322 g/mol. The van der Waals surface area contributed by atoms with Crippen molar-refractivity contribution < 1.29 is 13.2 Å². The van der Waals surface area contributed by atoms with E-state index in [2.05, 4.69) is 0 Å². The molecule has 0 aliphatic heterocycles. The third-order valence-corrected chi connectivity index (χ3v) is 5.60. The largest absolute Gasteiger partial charge is 0.293 e. The molecule has 0 fully saturated rings. The van der Waals surface area contributed by atoms with Crippen LogP contribution in [0.2, 0.25) is 0 Å². The van der Waals surface area contributed by atoms with Gasteiger partial charge in [0.05, 0.1) is 5.75 Å². The quantitative estimate of drug-likeness (QED) is 0.792. The molecule has 0 unspecified atom stereocenters. The second-order valence-corrected chi connectivity index (χ2v) is 8.80. The third kappa shape index (κ3) is 4.25. The van der Waals surface area contributed by atoms with Gasteiger partial charge < -0.3 is 0 Å². The van der Waals surface area contributed by atoms with E-state index in [9.17, 15) is 13.2 Å². The molecule has 0 bridgehead atoms. The van der Waals surface area contributed by atoms with E-state index in [-0.39, 0.29) is 11.5 Å². The molecule has 112 valence electrons. The maximum absolute atomic E-state index is 12.2. The summed E-state index contributed by atoms with van der Waals surface area (Å²) < 4.78 is 24.4. The molecule has 2 aromatic rings. The van der Waals surface area contributed by atoms with Crippen LogP contribution in [-0.4, -0.2) is 20.0 Å². The van der Waals surface area contributed by atoms with Gasteiger partial charge in [0.1, 0.15) is 5.75 Å². The van der Waals surface area contributed by atoms with E-state index in [1.165, 1.54) is 11.3 Å². The summed E-state index contributed by atoms with van der Waals surface area (Å²) in [5, 5.41) is 0. The molecule has 21 heavy (non-hydrogen) atoms. The van der Waals surface area contributed by atoms with E-state index in [1.807, 2.05) is 39.0 Å². The highest BCUT2D eigenvalue weighted by Gasteiger charge is 2.21. The first-order valence-electron chi connectivity index (χ1n) is 6.63. The van der Waals surface area contributed by atoms with Crippen molar-refractivity contribution in [2.45, 2.75) is 26.5 Å². The molecule has 0 atom stereocenters. The van der Waals surface area contributed by atoms with Crippen molar-refractivity contribution in [3.8, 4) is 0 Å². The Labute approximate surface area is 129 Å². The number of benzene rings is 1. The Morgan fingerprint density at radius 3 is 2.43 bits per heavy atom. The second kappa shape index (κ2) is 6.12. The first-order valence-corrected chi connectivity index (χ1v) is 9.27. The molecule has 1 aromatic heterocycles. The maximum Gasteiger partial charge on any atom is 0.178 e. The average molecular weight is 322 g/mol. The number of hydrogen-bond donors (Lipinski definition) is 0. The van der Waals surface area contributed by atoms with Crippen molar-refractivity contribution in [2.24, 2.45) is 0 Å². The number of carbonyl (C=O) groups is 1. The highest BCUT2D eigenvalue weighted by Crippen LogP contribution is 2.22. The van der Waals surface area contributed by atoms with Crippen LogP contribution < -0.4 is 0 Å². The van der Waals surface area contributed by atoms with Crippen LogP contribution in [0.15, 0.2) is 30.3 Å². The van der Waals surface area contributed by atoms with Crippen LogP contribution in [0.3, 0.4) is 0 Å². The maximum atomic E-state index is 12.2. The summed E-state index contributed by atoms with van der Waals surface area (Å²) in [5.74, 6) is -0.843. The SMILES string of the molecule is Cc1cccc(CS(=O)(=O)CC(=O)c2cc(C)sc2C)c1. The Morgan fingerprint density at radius 2 is 1.86 bits per heavy atom. The van der Waals surface area contributed by atoms with Gasteiger partial charge in [-0.1, -0.05) is 29.8 Å². The molecule has 1 aromatic carbocycles. The normalized spacial score (nSPS) is 11.6. The number of sulfone groups is 1. The van der Waals surface area contributed by atoms with Crippen molar-refractivity contribution in [1.29, 1.82) is 0 Å². The number of carbonyl (C=O) groups excluding carboxylic acids is 1. The minimum Gasteiger partial charge on any atom is -0.293 e. The molecular weight excluding hydrogens is 304 g/mol. The highest BCUT2D eigenvalue weighted by atomic mass is 32.2. The lowest BCUT2D eigenvalue weighted by atomic mass is 10.2. The van der Waals surface area contributed by atoms with Gasteiger partial charge in [-0.25, -0.2) is 8.42 Å². The molecule has 5 heteroatoms. The minimum absolute atomic E-state index is 0.0947. The van der Waals surface area contributed by atoms with Gasteiger partial charge >= 0.3 is 0 Å². The molecule has 0 aliphatic rings. The Balaban J connectivity index is 2.14. The Bertz CT molecular complexity index is 771. The predicted molar refractivity (Wildman–Crippen MR) is 86.8 cm³/mol. The molecule has 0 amide bonds. The third-order valence-electron chi connectivity index (χ3n) is 3.16. The van der Waals surface area contributed by atoms with E-state index in [4.69, 9.17) is 0 Å². The lowest BCUT2D eigenvalue weighted by Gasteiger charge is -2.05. The van der Waals surface area contributed by atoms with Crippen molar-refractivity contribution in [2.75, 3.05) is 5.75 Å². The fraction of sp³-hybridized carbons (Fsp3) is 0.312. The summed E-state index contributed by atoms with van der Waals surface area (Å²) >= 11 is 1.51. The van der Waals surface area contributed by atoms with Crippen molar-refractivity contribution in [3.63, 3.8) is 0 Å². The fourth-order valence-electron chi connectivity index (χ4n) is 2.29. The zero-order valence-electron chi connectivity index (χ0n) is 12.3. The lowest BCUT2D eigenvalue weighted by molar-refractivity contribution is 0.102.